The second kappa shape index (κ2) is 3.34. The van der Waals surface area contributed by atoms with Gasteiger partial charge >= 0.3 is 0 Å². The van der Waals surface area contributed by atoms with Crippen LogP contribution < -0.4 is 0 Å². The maximum atomic E-state index is 4.14. The van der Waals surface area contributed by atoms with Gasteiger partial charge in [-0.25, -0.2) is 0 Å². The highest BCUT2D eigenvalue weighted by molar-refractivity contribution is 7.98. The van der Waals surface area contributed by atoms with Gasteiger partial charge in [-0.2, -0.15) is 5.10 Å². The number of benzene rings is 1. The molecule has 0 aliphatic rings. The SMILES string of the molecule is CSc1nnc(C)c2ccccc12. The lowest BCUT2D eigenvalue weighted by Gasteiger charge is -2.03. The molecule has 0 fully saturated rings. The summed E-state index contributed by atoms with van der Waals surface area (Å²) in [4.78, 5) is 0. The van der Waals surface area contributed by atoms with Crippen molar-refractivity contribution in [1.29, 1.82) is 0 Å². The fourth-order valence-electron chi connectivity index (χ4n) is 1.36. The van der Waals surface area contributed by atoms with Gasteiger partial charge in [0.1, 0.15) is 5.03 Å². The summed E-state index contributed by atoms with van der Waals surface area (Å²) in [5.74, 6) is 0. The Morgan fingerprint density at radius 1 is 1.08 bits per heavy atom. The van der Waals surface area contributed by atoms with Crippen LogP contribution in [0.2, 0.25) is 0 Å². The molecule has 0 unspecified atom stereocenters. The van der Waals surface area contributed by atoms with E-state index in [9.17, 15) is 0 Å². The standard InChI is InChI=1S/C10H10N2S/c1-7-8-5-3-4-6-9(8)10(13-2)12-11-7/h3-6H,1-2H3. The first-order chi connectivity index (χ1) is 6.33. The van der Waals surface area contributed by atoms with Gasteiger partial charge < -0.3 is 0 Å². The van der Waals surface area contributed by atoms with Crippen LogP contribution in [0.5, 0.6) is 0 Å². The predicted molar refractivity (Wildman–Crippen MR) is 56.1 cm³/mol. The Kier molecular flexibility index (Phi) is 2.19. The Balaban J connectivity index is 2.84. The molecule has 1 heterocycles. The van der Waals surface area contributed by atoms with Crippen LogP contribution in [0.3, 0.4) is 0 Å². The number of aromatic nitrogens is 2. The summed E-state index contributed by atoms with van der Waals surface area (Å²) in [6, 6.07) is 8.23. The van der Waals surface area contributed by atoms with E-state index in [0.29, 0.717) is 0 Å². The number of fused-ring (bicyclic) bond motifs is 1. The van der Waals surface area contributed by atoms with Crippen LogP contribution in [0.15, 0.2) is 29.3 Å². The molecule has 66 valence electrons. The van der Waals surface area contributed by atoms with Crippen LogP contribution in [-0.2, 0) is 0 Å². The third-order valence-corrected chi connectivity index (χ3v) is 2.72. The molecule has 0 saturated heterocycles. The topological polar surface area (TPSA) is 25.8 Å². The van der Waals surface area contributed by atoms with Gasteiger partial charge in [0.25, 0.3) is 0 Å². The van der Waals surface area contributed by atoms with E-state index in [1.165, 1.54) is 10.8 Å². The summed E-state index contributed by atoms with van der Waals surface area (Å²) in [6.07, 6.45) is 2.02. The van der Waals surface area contributed by atoms with E-state index in [1.54, 1.807) is 11.8 Å². The Bertz CT molecular complexity index is 440. The minimum atomic E-state index is 0.994. The molecule has 1 aromatic heterocycles. The minimum Gasteiger partial charge on any atom is -0.154 e. The maximum absolute atomic E-state index is 4.14. The zero-order valence-corrected chi connectivity index (χ0v) is 8.43. The van der Waals surface area contributed by atoms with Crippen LogP contribution >= 0.6 is 11.8 Å². The van der Waals surface area contributed by atoms with E-state index in [4.69, 9.17) is 0 Å². The molecule has 0 amide bonds. The van der Waals surface area contributed by atoms with E-state index < -0.39 is 0 Å². The first-order valence-electron chi connectivity index (χ1n) is 4.09. The van der Waals surface area contributed by atoms with E-state index in [1.807, 2.05) is 25.3 Å². The summed E-state index contributed by atoms with van der Waals surface area (Å²) < 4.78 is 0. The summed E-state index contributed by atoms with van der Waals surface area (Å²) in [7, 11) is 0. The first kappa shape index (κ1) is 8.51. The van der Waals surface area contributed by atoms with Crippen LogP contribution in [0.1, 0.15) is 5.69 Å². The molecule has 0 atom stereocenters. The van der Waals surface area contributed by atoms with Crippen molar-refractivity contribution >= 4 is 22.5 Å². The van der Waals surface area contributed by atoms with E-state index in [0.717, 1.165) is 10.7 Å². The van der Waals surface area contributed by atoms with Crippen molar-refractivity contribution in [2.45, 2.75) is 11.9 Å². The smallest absolute Gasteiger partial charge is 0.126 e. The summed E-state index contributed by atoms with van der Waals surface area (Å²) >= 11 is 1.63. The molecule has 2 aromatic rings. The number of hydrogen-bond acceptors (Lipinski definition) is 3. The monoisotopic (exact) mass is 190 g/mol. The molecular formula is C10H10N2S. The van der Waals surface area contributed by atoms with Gasteiger partial charge in [0.05, 0.1) is 5.69 Å². The second-order valence-electron chi connectivity index (χ2n) is 2.84. The quantitative estimate of drug-likeness (QED) is 0.646. The van der Waals surface area contributed by atoms with Gasteiger partial charge in [0.15, 0.2) is 0 Å². The molecule has 0 N–H and O–H groups in total. The average Bonchev–Trinajstić information content (AvgIpc) is 2.19. The van der Waals surface area contributed by atoms with Gasteiger partial charge in [-0.1, -0.05) is 24.3 Å². The Morgan fingerprint density at radius 3 is 2.46 bits per heavy atom. The molecule has 13 heavy (non-hydrogen) atoms. The van der Waals surface area contributed by atoms with Gasteiger partial charge in [-0.15, -0.1) is 16.9 Å². The zero-order valence-electron chi connectivity index (χ0n) is 7.61. The van der Waals surface area contributed by atoms with Crippen molar-refractivity contribution < 1.29 is 0 Å². The molecule has 0 aliphatic carbocycles. The van der Waals surface area contributed by atoms with Gasteiger partial charge in [-0.3, -0.25) is 0 Å². The molecule has 0 bridgehead atoms. The summed E-state index contributed by atoms with van der Waals surface area (Å²) in [5, 5.41) is 11.6. The van der Waals surface area contributed by atoms with Crippen molar-refractivity contribution in [3.8, 4) is 0 Å². The fourth-order valence-corrected chi connectivity index (χ4v) is 1.88. The van der Waals surface area contributed by atoms with Crippen molar-refractivity contribution in [2.24, 2.45) is 0 Å². The maximum Gasteiger partial charge on any atom is 0.126 e. The lowest BCUT2D eigenvalue weighted by atomic mass is 10.1. The van der Waals surface area contributed by atoms with Crippen molar-refractivity contribution in [3.63, 3.8) is 0 Å². The normalized spacial score (nSPS) is 10.6. The third-order valence-electron chi connectivity index (χ3n) is 2.03. The molecule has 0 aliphatic heterocycles. The van der Waals surface area contributed by atoms with Crippen LogP contribution in [0.25, 0.3) is 10.8 Å². The highest BCUT2D eigenvalue weighted by Gasteiger charge is 2.03. The van der Waals surface area contributed by atoms with Crippen LogP contribution in [-0.4, -0.2) is 16.5 Å². The lowest BCUT2D eigenvalue weighted by Crippen LogP contribution is -1.91. The first-order valence-corrected chi connectivity index (χ1v) is 5.31. The predicted octanol–water partition coefficient (Wildman–Crippen LogP) is 2.66. The Labute approximate surface area is 81.4 Å². The molecular weight excluding hydrogens is 180 g/mol. The van der Waals surface area contributed by atoms with Crippen molar-refractivity contribution in [3.05, 3.63) is 30.0 Å². The number of thioether (sulfide) groups is 1. The fraction of sp³-hybridized carbons (Fsp3) is 0.200. The highest BCUT2D eigenvalue weighted by Crippen LogP contribution is 2.24. The average molecular weight is 190 g/mol. The Hall–Kier alpha value is -1.09. The number of nitrogens with zero attached hydrogens (tertiary/aromatic N) is 2. The molecule has 0 radical (unpaired) electrons. The van der Waals surface area contributed by atoms with Crippen molar-refractivity contribution in [2.75, 3.05) is 6.26 Å². The summed E-state index contributed by atoms with van der Waals surface area (Å²) in [6.45, 7) is 1.99. The van der Waals surface area contributed by atoms with E-state index in [2.05, 4.69) is 22.3 Å². The van der Waals surface area contributed by atoms with E-state index >= 15 is 0 Å². The molecule has 0 spiro atoms. The second-order valence-corrected chi connectivity index (χ2v) is 3.64. The van der Waals surface area contributed by atoms with Gasteiger partial charge in [-0.05, 0) is 13.2 Å². The number of hydrogen-bond donors (Lipinski definition) is 0. The van der Waals surface area contributed by atoms with Crippen LogP contribution in [0.4, 0.5) is 0 Å². The number of aryl methyl sites for hydroxylation is 1. The zero-order chi connectivity index (χ0) is 9.26. The summed E-state index contributed by atoms with van der Waals surface area (Å²) in [5.41, 5.74) is 0.994. The molecule has 1 aromatic carbocycles. The Morgan fingerprint density at radius 2 is 1.77 bits per heavy atom. The molecule has 0 saturated carbocycles. The van der Waals surface area contributed by atoms with Gasteiger partial charge in [0.2, 0.25) is 0 Å². The molecule has 2 rings (SSSR count). The molecule has 2 nitrogen and oxygen atoms in total. The molecule has 3 heteroatoms. The largest absolute Gasteiger partial charge is 0.154 e. The minimum absolute atomic E-state index is 0.994. The highest BCUT2D eigenvalue weighted by atomic mass is 32.2. The van der Waals surface area contributed by atoms with Crippen LogP contribution in [0, 0.1) is 6.92 Å². The van der Waals surface area contributed by atoms with Crippen molar-refractivity contribution in [1.82, 2.24) is 10.2 Å². The van der Waals surface area contributed by atoms with Gasteiger partial charge in [0, 0.05) is 10.8 Å². The third kappa shape index (κ3) is 1.40. The lowest BCUT2D eigenvalue weighted by molar-refractivity contribution is 0.925. The van der Waals surface area contributed by atoms with E-state index in [-0.39, 0.29) is 0 Å². The number of rotatable bonds is 1.